The van der Waals surface area contributed by atoms with Crippen LogP contribution in [0, 0.1) is 0 Å². The maximum Gasteiger partial charge on any atom is 0.209 e. The van der Waals surface area contributed by atoms with Crippen LogP contribution in [0.25, 0.3) is 0 Å². The van der Waals surface area contributed by atoms with Gasteiger partial charge in [-0.25, -0.2) is 0 Å². The number of halogens is 4. The molecule has 0 fully saturated rings. The zero-order valence-corrected chi connectivity index (χ0v) is 54.7. The Hall–Kier alpha value is -5.09. The molecule has 0 radical (unpaired) electrons. The van der Waals surface area contributed by atoms with Crippen LogP contribution >= 0.6 is 23.2 Å². The number of carbonyl (C=O) groups excluding carboxylic acids is 2. The minimum Gasteiger partial charge on any atom is -1.00 e. The number of rotatable bonds is 12. The molecule has 0 unspecified atom stereocenters. The van der Waals surface area contributed by atoms with Gasteiger partial charge in [-0.3, -0.25) is 9.59 Å². The van der Waals surface area contributed by atoms with Crippen molar-refractivity contribution in [2.45, 2.75) is 89.9 Å². The van der Waals surface area contributed by atoms with Gasteiger partial charge in [-0.2, -0.15) is 9.15 Å². The summed E-state index contributed by atoms with van der Waals surface area (Å²) in [6.07, 6.45) is 9.24. The molecule has 0 atom stereocenters. The average Bonchev–Trinajstić information content (AvgIpc) is 3.87. The first-order chi connectivity index (χ1) is 36.3. The lowest BCUT2D eigenvalue weighted by Gasteiger charge is -2.33. The highest BCUT2D eigenvalue weighted by atomic mass is 127. The number of para-hydroxylation sites is 2. The molecule has 0 N–H and O–H groups in total. The van der Waals surface area contributed by atoms with Gasteiger partial charge in [-0.1, -0.05) is 98.8 Å². The topological polar surface area (TPSA) is 92.8 Å². The van der Waals surface area contributed by atoms with Crippen LogP contribution in [0.3, 0.4) is 0 Å². The van der Waals surface area contributed by atoms with Crippen molar-refractivity contribution >= 4 is 68.9 Å². The fourth-order valence-electron chi connectivity index (χ4n) is 12.6. The van der Waals surface area contributed by atoms with Gasteiger partial charge in [0.15, 0.2) is 23.0 Å². The molecule has 4 aromatic rings. The van der Waals surface area contributed by atoms with Crippen molar-refractivity contribution in [1.82, 2.24) is 0 Å². The number of hydrogen-bond acceptors (Lipinski definition) is 6. The second-order valence-electron chi connectivity index (χ2n) is 26.1. The summed E-state index contributed by atoms with van der Waals surface area (Å²) < 4.78 is 5.93. The number of allylic oxidation sites excluding steroid dienone is 10. The van der Waals surface area contributed by atoms with E-state index in [1.165, 1.54) is 11.1 Å². The van der Waals surface area contributed by atoms with E-state index in [4.69, 9.17) is 23.2 Å². The molecular weight excluding hydrogens is 1220 g/mol. The van der Waals surface area contributed by atoms with Crippen molar-refractivity contribution in [3.63, 3.8) is 0 Å². The highest BCUT2D eigenvalue weighted by molar-refractivity contribution is 6.31. The fraction of sp³-hybridized carbons (Fsp3) is 0.394. The van der Waals surface area contributed by atoms with Gasteiger partial charge in [-0.15, -0.1) is 0 Å². The quantitative estimate of drug-likeness (QED) is 0.0900. The Bertz CT molecular complexity index is 3280. The number of nitrogens with zero attached hydrogens (tertiary/aromatic N) is 6. The summed E-state index contributed by atoms with van der Waals surface area (Å²) in [7, 11) is 17.1. The Morgan fingerprint density at radius 2 is 0.850 bits per heavy atom. The van der Waals surface area contributed by atoms with Crippen molar-refractivity contribution < 1.29 is 78.9 Å². The Morgan fingerprint density at radius 1 is 0.512 bits per heavy atom. The fourth-order valence-corrected chi connectivity index (χ4v) is 12.9. The summed E-state index contributed by atoms with van der Waals surface area (Å²) in [5.74, 6) is -0.736. The van der Waals surface area contributed by atoms with Crippen molar-refractivity contribution in [3.05, 3.63) is 187 Å². The molecule has 0 saturated heterocycles. The summed E-state index contributed by atoms with van der Waals surface area (Å²) in [5, 5.41) is 28.3. The van der Waals surface area contributed by atoms with Crippen molar-refractivity contribution in [2.24, 2.45) is 0 Å². The van der Waals surface area contributed by atoms with E-state index in [1.54, 1.807) is 12.2 Å². The third-order valence-corrected chi connectivity index (χ3v) is 17.6. The highest BCUT2D eigenvalue weighted by Gasteiger charge is 2.47. The smallest absolute Gasteiger partial charge is 0.209 e. The van der Waals surface area contributed by atoms with Crippen LogP contribution in [0.4, 0.5) is 22.7 Å². The summed E-state index contributed by atoms with van der Waals surface area (Å²) >= 11 is 12.8. The number of anilines is 2. The predicted octanol–water partition coefficient (Wildman–Crippen LogP) is 4.50. The van der Waals surface area contributed by atoms with Gasteiger partial charge in [0.05, 0.1) is 66.2 Å². The van der Waals surface area contributed by atoms with E-state index in [-0.39, 0.29) is 97.2 Å². The van der Waals surface area contributed by atoms with E-state index < -0.39 is 10.8 Å². The van der Waals surface area contributed by atoms with Gasteiger partial charge >= 0.3 is 0 Å². The summed E-state index contributed by atoms with van der Waals surface area (Å²) in [6, 6.07) is 28.4. The Morgan fingerprint density at radius 3 is 1.16 bits per heavy atom. The van der Waals surface area contributed by atoms with Crippen LogP contribution in [0.1, 0.15) is 90.5 Å². The van der Waals surface area contributed by atoms with E-state index >= 15 is 0 Å². The highest BCUT2D eigenvalue weighted by Crippen LogP contribution is 2.52. The monoisotopic (exact) mass is 1290 g/mol. The number of hydrogen-bond donors (Lipinski definition) is 0. The van der Waals surface area contributed by atoms with Crippen LogP contribution in [-0.4, -0.2) is 124 Å². The SMILES string of the molecule is C[N+]1=C(/C=C2\C(=O)C(/C=C3/N(CCC[N+](C)(C)C)c4ccc(Cl)cc4C3(C)C)=C2[O-])C(C)(C)c2ccccc21.C[N+]1=C(/C=C2\C(=O)C(/C=C3/N(CCC[N+](C)(C)C)c4ccc(Cl)cc4C3(C)C)=C2[O-])C(C)(C)c2ccccc21.[Br-].[I-]. The van der Waals surface area contributed by atoms with Crippen LogP contribution in [0.15, 0.2) is 154 Å². The normalized spacial score (nSPS) is 21.1. The molecule has 4 aromatic carbocycles. The maximum atomic E-state index is 13.5. The molecule has 2 aliphatic carbocycles. The number of fused-ring (bicyclic) bond motifs is 4. The lowest BCUT2D eigenvalue weighted by molar-refractivity contribution is -0.870. The zero-order chi connectivity index (χ0) is 57.0. The predicted molar refractivity (Wildman–Crippen MR) is 316 cm³/mol. The Kier molecular flexibility index (Phi) is 17.4. The van der Waals surface area contributed by atoms with Gasteiger partial charge in [0.25, 0.3) is 0 Å². The first kappa shape index (κ1) is 62.5. The maximum absolute atomic E-state index is 13.5. The minimum absolute atomic E-state index is 0. The van der Waals surface area contributed by atoms with Crippen molar-refractivity contribution in [3.8, 4) is 0 Å². The van der Waals surface area contributed by atoms with Crippen LogP contribution < -0.4 is 61.0 Å². The van der Waals surface area contributed by atoms with Crippen LogP contribution in [0.2, 0.25) is 10.0 Å². The van der Waals surface area contributed by atoms with E-state index in [0.29, 0.717) is 10.0 Å². The molecule has 10 rings (SSSR count). The average molecular weight is 1300 g/mol. The van der Waals surface area contributed by atoms with Gasteiger partial charge in [0.2, 0.25) is 11.4 Å². The standard InChI is InChI=1S/2C33H39ClN3O2.BrH.HI/c2*1-32(2)24-12-9-10-13-26(24)35(5)28(32)19-22-30(38)23(31(22)39)20-29-33(3,4)25-18-21(34)14-15-27(25)36(29)16-11-17-37(6,7)8;;/h2*9-10,12-15,18-20H,11,16-17H2,1-8H3;2*1H/q2*+1;;/p-2. The molecule has 0 spiro atoms. The third-order valence-electron chi connectivity index (χ3n) is 17.1. The first-order valence-electron chi connectivity index (χ1n) is 27.3. The molecule has 0 saturated carbocycles. The zero-order valence-electron chi connectivity index (χ0n) is 49.5. The first-order valence-corrected chi connectivity index (χ1v) is 28.0. The molecular formula is C66H78BrCl2IN6O4. The molecule has 4 aliphatic heterocycles. The Labute approximate surface area is 513 Å². The minimum atomic E-state index is -0.395. The molecule has 424 valence electrons. The molecule has 10 nitrogen and oxygen atoms in total. The van der Waals surface area contributed by atoms with Gasteiger partial charge < -0.3 is 69.9 Å². The van der Waals surface area contributed by atoms with Crippen LogP contribution in [-0.2, 0) is 31.2 Å². The van der Waals surface area contributed by atoms with E-state index in [1.807, 2.05) is 74.8 Å². The summed E-state index contributed by atoms with van der Waals surface area (Å²) in [5.41, 5.74) is 12.5. The second kappa shape index (κ2) is 22.2. The molecule has 6 aliphatic rings. The molecule has 4 heterocycles. The molecule has 0 amide bonds. The lowest BCUT2D eigenvalue weighted by Crippen LogP contribution is -3.00. The number of quaternary nitrogens is 2. The van der Waals surface area contributed by atoms with Crippen molar-refractivity contribution in [1.29, 1.82) is 0 Å². The van der Waals surface area contributed by atoms with Crippen molar-refractivity contribution in [2.75, 3.05) is 92.4 Å². The lowest BCUT2D eigenvalue weighted by atomic mass is 9.77. The van der Waals surface area contributed by atoms with Gasteiger partial charge in [0, 0.05) is 127 Å². The van der Waals surface area contributed by atoms with Crippen LogP contribution in [0.5, 0.6) is 0 Å². The molecule has 0 aromatic heterocycles. The number of Topliss-reactive ketones (excluding diaryl/α,β-unsaturated/α-hetero) is 2. The molecule has 0 bridgehead atoms. The number of benzene rings is 4. The van der Waals surface area contributed by atoms with E-state index in [0.717, 1.165) is 105 Å². The third kappa shape index (κ3) is 11.0. The largest absolute Gasteiger partial charge is 1.00 e. The Balaban J connectivity index is 0.000000225. The number of carbonyl (C=O) groups is 2. The van der Waals surface area contributed by atoms with Gasteiger partial charge in [-0.05, 0) is 87.4 Å². The summed E-state index contributed by atoms with van der Waals surface area (Å²) in [6.45, 7) is 20.7. The van der Waals surface area contributed by atoms with E-state index in [9.17, 15) is 19.8 Å². The molecule has 80 heavy (non-hydrogen) atoms. The molecule has 14 heteroatoms. The van der Waals surface area contributed by atoms with Gasteiger partial charge in [0.1, 0.15) is 14.1 Å². The summed E-state index contributed by atoms with van der Waals surface area (Å²) in [4.78, 5) is 31.5. The van der Waals surface area contributed by atoms with E-state index in [2.05, 4.69) is 153 Å². The number of ketones is 2. The second-order valence-corrected chi connectivity index (χ2v) is 27.0.